The maximum Gasteiger partial charge on any atom is 0.257 e. The average molecular weight is 388 g/mol. The number of para-hydroxylation sites is 1. The third kappa shape index (κ3) is 4.37. The SMILES string of the molecule is O=C(Nc1ccccc1)c1cncc(C(=O)N2CCN(c3ncccn3)CC2)c1. The highest BCUT2D eigenvalue weighted by molar-refractivity contribution is 6.05. The Morgan fingerprint density at radius 2 is 1.55 bits per heavy atom. The maximum absolute atomic E-state index is 12.9. The molecular weight excluding hydrogens is 368 g/mol. The fourth-order valence-electron chi connectivity index (χ4n) is 3.15. The van der Waals surface area contributed by atoms with Crippen LogP contribution in [0.1, 0.15) is 20.7 Å². The van der Waals surface area contributed by atoms with E-state index in [0.29, 0.717) is 48.9 Å². The number of pyridine rings is 1. The van der Waals surface area contributed by atoms with Gasteiger partial charge in [0, 0.05) is 56.7 Å². The fraction of sp³-hybridized carbons (Fsp3) is 0.190. The first-order valence-electron chi connectivity index (χ1n) is 9.33. The normalized spacial score (nSPS) is 13.8. The molecule has 1 saturated heterocycles. The molecule has 146 valence electrons. The number of benzene rings is 1. The molecule has 1 aliphatic heterocycles. The third-order valence-corrected chi connectivity index (χ3v) is 4.68. The van der Waals surface area contributed by atoms with E-state index in [2.05, 4.69) is 20.3 Å². The van der Waals surface area contributed by atoms with Crippen LogP contribution in [0.25, 0.3) is 0 Å². The summed E-state index contributed by atoms with van der Waals surface area (Å²) in [4.78, 5) is 41.7. The molecule has 1 aliphatic rings. The highest BCUT2D eigenvalue weighted by Gasteiger charge is 2.24. The molecule has 4 rings (SSSR count). The summed E-state index contributed by atoms with van der Waals surface area (Å²) >= 11 is 0. The Labute approximate surface area is 168 Å². The third-order valence-electron chi connectivity index (χ3n) is 4.68. The van der Waals surface area contributed by atoms with Crippen LogP contribution < -0.4 is 10.2 Å². The minimum Gasteiger partial charge on any atom is -0.337 e. The Morgan fingerprint density at radius 1 is 0.862 bits per heavy atom. The van der Waals surface area contributed by atoms with Gasteiger partial charge in [0.25, 0.3) is 11.8 Å². The predicted octanol–water partition coefficient (Wildman–Crippen LogP) is 2.09. The molecule has 1 fully saturated rings. The van der Waals surface area contributed by atoms with Gasteiger partial charge in [0.1, 0.15) is 0 Å². The van der Waals surface area contributed by atoms with E-state index in [1.54, 1.807) is 41.6 Å². The fourth-order valence-corrected chi connectivity index (χ4v) is 3.15. The summed E-state index contributed by atoms with van der Waals surface area (Å²) in [6.07, 6.45) is 6.36. The van der Waals surface area contributed by atoms with Crippen LogP contribution in [-0.4, -0.2) is 57.8 Å². The Bertz CT molecular complexity index is 988. The molecule has 0 saturated carbocycles. The Hall–Kier alpha value is -3.81. The minimum absolute atomic E-state index is 0.138. The van der Waals surface area contributed by atoms with Crippen LogP contribution in [0.15, 0.2) is 67.3 Å². The number of carbonyl (C=O) groups excluding carboxylic acids is 2. The molecule has 2 aromatic heterocycles. The van der Waals surface area contributed by atoms with Crippen LogP contribution in [0.5, 0.6) is 0 Å². The number of hydrogen-bond donors (Lipinski definition) is 1. The Balaban J connectivity index is 1.40. The largest absolute Gasteiger partial charge is 0.337 e. The van der Waals surface area contributed by atoms with Gasteiger partial charge in [-0.25, -0.2) is 9.97 Å². The Kier molecular flexibility index (Phi) is 5.42. The molecule has 0 aliphatic carbocycles. The second-order valence-electron chi connectivity index (χ2n) is 6.61. The molecule has 0 spiro atoms. The second kappa shape index (κ2) is 8.47. The van der Waals surface area contributed by atoms with E-state index in [1.165, 1.54) is 12.4 Å². The van der Waals surface area contributed by atoms with E-state index in [1.807, 2.05) is 23.1 Å². The van der Waals surface area contributed by atoms with Crippen molar-refractivity contribution in [2.45, 2.75) is 0 Å². The van der Waals surface area contributed by atoms with Crippen molar-refractivity contribution in [2.24, 2.45) is 0 Å². The molecule has 0 radical (unpaired) electrons. The van der Waals surface area contributed by atoms with Crippen LogP contribution in [0, 0.1) is 0 Å². The van der Waals surface area contributed by atoms with Gasteiger partial charge in [0.2, 0.25) is 5.95 Å². The Morgan fingerprint density at radius 3 is 2.28 bits per heavy atom. The van der Waals surface area contributed by atoms with Crippen molar-refractivity contribution in [3.63, 3.8) is 0 Å². The minimum atomic E-state index is -0.301. The zero-order valence-electron chi connectivity index (χ0n) is 15.7. The van der Waals surface area contributed by atoms with Crippen LogP contribution in [0.2, 0.25) is 0 Å². The first-order chi connectivity index (χ1) is 14.2. The van der Waals surface area contributed by atoms with E-state index in [0.717, 1.165) is 0 Å². The molecule has 0 unspecified atom stereocenters. The van der Waals surface area contributed by atoms with Gasteiger partial charge >= 0.3 is 0 Å². The number of aromatic nitrogens is 3. The van der Waals surface area contributed by atoms with Crippen molar-refractivity contribution >= 4 is 23.5 Å². The molecule has 2 amide bonds. The van der Waals surface area contributed by atoms with Gasteiger partial charge in [-0.15, -0.1) is 0 Å². The van der Waals surface area contributed by atoms with Gasteiger partial charge in [0.15, 0.2) is 0 Å². The summed E-state index contributed by atoms with van der Waals surface area (Å²) < 4.78 is 0. The van der Waals surface area contributed by atoms with E-state index < -0.39 is 0 Å². The van der Waals surface area contributed by atoms with Crippen molar-refractivity contribution in [3.8, 4) is 0 Å². The average Bonchev–Trinajstić information content (AvgIpc) is 2.80. The molecule has 0 bridgehead atoms. The molecule has 0 atom stereocenters. The standard InChI is InChI=1S/C21H20N6O2/c28-19(25-18-5-2-1-3-6-18)16-13-17(15-22-14-16)20(29)26-9-11-27(12-10-26)21-23-7-4-8-24-21/h1-8,13-15H,9-12H2,(H,25,28). The summed E-state index contributed by atoms with van der Waals surface area (Å²) in [5, 5.41) is 2.80. The molecular formula is C21H20N6O2. The zero-order chi connectivity index (χ0) is 20.1. The van der Waals surface area contributed by atoms with Gasteiger partial charge in [-0.1, -0.05) is 18.2 Å². The lowest BCUT2D eigenvalue weighted by Crippen LogP contribution is -2.49. The summed E-state index contributed by atoms with van der Waals surface area (Å²) in [7, 11) is 0. The lowest BCUT2D eigenvalue weighted by atomic mass is 10.1. The molecule has 3 heterocycles. The molecule has 1 aromatic carbocycles. The van der Waals surface area contributed by atoms with E-state index in [-0.39, 0.29) is 11.8 Å². The van der Waals surface area contributed by atoms with Crippen LogP contribution in [0.4, 0.5) is 11.6 Å². The van der Waals surface area contributed by atoms with Crippen molar-refractivity contribution in [1.29, 1.82) is 0 Å². The number of amides is 2. The zero-order valence-corrected chi connectivity index (χ0v) is 15.7. The van der Waals surface area contributed by atoms with Gasteiger partial charge in [-0.05, 0) is 24.3 Å². The predicted molar refractivity (Wildman–Crippen MR) is 109 cm³/mol. The van der Waals surface area contributed by atoms with E-state index >= 15 is 0 Å². The lowest BCUT2D eigenvalue weighted by molar-refractivity contribution is 0.0746. The summed E-state index contributed by atoms with van der Waals surface area (Å²) in [6, 6.07) is 12.5. The number of nitrogens with zero attached hydrogens (tertiary/aromatic N) is 5. The lowest BCUT2D eigenvalue weighted by Gasteiger charge is -2.34. The molecule has 8 heteroatoms. The highest BCUT2D eigenvalue weighted by atomic mass is 16.2. The van der Waals surface area contributed by atoms with Gasteiger partial charge in [-0.3, -0.25) is 14.6 Å². The van der Waals surface area contributed by atoms with E-state index in [9.17, 15) is 9.59 Å². The molecule has 1 N–H and O–H groups in total. The molecule has 29 heavy (non-hydrogen) atoms. The first kappa shape index (κ1) is 18.5. The number of carbonyl (C=O) groups is 2. The van der Waals surface area contributed by atoms with Crippen LogP contribution in [-0.2, 0) is 0 Å². The first-order valence-corrected chi connectivity index (χ1v) is 9.33. The maximum atomic E-state index is 12.9. The van der Waals surface area contributed by atoms with Crippen molar-refractivity contribution in [3.05, 3.63) is 78.4 Å². The van der Waals surface area contributed by atoms with Crippen molar-refractivity contribution in [2.75, 3.05) is 36.4 Å². The topological polar surface area (TPSA) is 91.3 Å². The monoisotopic (exact) mass is 388 g/mol. The number of rotatable bonds is 4. The van der Waals surface area contributed by atoms with Gasteiger partial charge in [0.05, 0.1) is 11.1 Å². The van der Waals surface area contributed by atoms with Crippen molar-refractivity contribution in [1.82, 2.24) is 19.9 Å². The number of anilines is 2. The molecule has 8 nitrogen and oxygen atoms in total. The number of hydrogen-bond acceptors (Lipinski definition) is 6. The van der Waals surface area contributed by atoms with Crippen LogP contribution in [0.3, 0.4) is 0 Å². The summed E-state index contributed by atoms with van der Waals surface area (Å²) in [6.45, 7) is 2.41. The number of piperazine rings is 1. The quantitative estimate of drug-likeness (QED) is 0.736. The second-order valence-corrected chi connectivity index (χ2v) is 6.61. The molecule has 3 aromatic rings. The van der Waals surface area contributed by atoms with Gasteiger partial charge in [-0.2, -0.15) is 0 Å². The van der Waals surface area contributed by atoms with Gasteiger partial charge < -0.3 is 15.1 Å². The number of nitrogens with one attached hydrogen (secondary N) is 1. The van der Waals surface area contributed by atoms with E-state index in [4.69, 9.17) is 0 Å². The summed E-state index contributed by atoms with van der Waals surface area (Å²) in [5.74, 6) is 0.228. The summed E-state index contributed by atoms with van der Waals surface area (Å²) in [5.41, 5.74) is 1.43. The van der Waals surface area contributed by atoms with Crippen molar-refractivity contribution < 1.29 is 9.59 Å². The smallest absolute Gasteiger partial charge is 0.257 e. The van der Waals surface area contributed by atoms with Crippen LogP contribution >= 0.6 is 0 Å². The highest BCUT2D eigenvalue weighted by Crippen LogP contribution is 2.14.